The van der Waals surface area contributed by atoms with Crippen molar-refractivity contribution in [2.24, 2.45) is 0 Å². The lowest BCUT2D eigenvalue weighted by Crippen LogP contribution is -2.37. The van der Waals surface area contributed by atoms with Gasteiger partial charge >= 0.3 is 0 Å². The van der Waals surface area contributed by atoms with Crippen molar-refractivity contribution in [3.8, 4) is 0 Å². The summed E-state index contributed by atoms with van der Waals surface area (Å²) in [6.07, 6.45) is 1.59. The van der Waals surface area contributed by atoms with Gasteiger partial charge in [-0.2, -0.15) is 0 Å². The normalized spacial score (nSPS) is 16.6. The van der Waals surface area contributed by atoms with Crippen molar-refractivity contribution in [1.82, 2.24) is 14.9 Å². The molecular weight excluding hydrogens is 278 g/mol. The summed E-state index contributed by atoms with van der Waals surface area (Å²) in [6.45, 7) is 1.90. The summed E-state index contributed by atoms with van der Waals surface area (Å²) >= 11 is 5.67. The molecule has 2 rings (SSSR count). The van der Waals surface area contributed by atoms with Gasteiger partial charge in [-0.3, -0.25) is 14.7 Å². The zero-order valence-corrected chi connectivity index (χ0v) is 11.5. The first-order valence-corrected chi connectivity index (χ1v) is 7.95. The Labute approximate surface area is 110 Å². The summed E-state index contributed by atoms with van der Waals surface area (Å²) in [5.41, 5.74) is 0.759. The Bertz CT molecular complexity index is 611. The number of alkyl halides is 1. The molecule has 1 aliphatic heterocycles. The van der Waals surface area contributed by atoms with Crippen molar-refractivity contribution in [3.63, 3.8) is 0 Å². The minimum absolute atomic E-state index is 0.265. The van der Waals surface area contributed by atoms with Crippen LogP contribution in [0.4, 0.5) is 0 Å². The number of aromatic nitrogens is 2. The van der Waals surface area contributed by atoms with Crippen LogP contribution in [0.3, 0.4) is 0 Å². The van der Waals surface area contributed by atoms with Gasteiger partial charge < -0.3 is 0 Å². The predicted octanol–water partition coefficient (Wildman–Crippen LogP) is -0.230. The first-order chi connectivity index (χ1) is 8.41. The van der Waals surface area contributed by atoms with Gasteiger partial charge in [0.25, 0.3) is 5.56 Å². The van der Waals surface area contributed by atoms with Crippen LogP contribution in [0.15, 0.2) is 9.95 Å². The smallest absolute Gasteiger partial charge is 0.255 e. The Balaban J connectivity index is 2.43. The Kier molecular flexibility index (Phi) is 3.74. The number of hydrogen-bond acceptors (Lipinski definition) is 5. The Hall–Kier alpha value is -0.920. The molecule has 0 fully saturated rings. The van der Waals surface area contributed by atoms with Crippen molar-refractivity contribution in [2.75, 3.05) is 25.2 Å². The first-order valence-electron chi connectivity index (χ1n) is 5.52. The maximum Gasteiger partial charge on any atom is 0.255 e. The lowest BCUT2D eigenvalue weighted by Gasteiger charge is -2.26. The van der Waals surface area contributed by atoms with E-state index in [9.17, 15) is 13.2 Å². The Morgan fingerprint density at radius 1 is 1.50 bits per heavy atom. The summed E-state index contributed by atoms with van der Waals surface area (Å²) in [5.74, 6) is 0.497. The molecule has 18 heavy (non-hydrogen) atoms. The first kappa shape index (κ1) is 13.5. The number of halogens is 1. The summed E-state index contributed by atoms with van der Waals surface area (Å²) in [4.78, 5) is 20.2. The highest BCUT2D eigenvalue weighted by Crippen LogP contribution is 2.14. The maximum absolute atomic E-state index is 11.8. The highest BCUT2D eigenvalue weighted by atomic mass is 35.5. The molecule has 1 aromatic rings. The highest BCUT2D eigenvalue weighted by Gasteiger charge is 2.22. The van der Waals surface area contributed by atoms with E-state index in [2.05, 4.69) is 9.97 Å². The van der Waals surface area contributed by atoms with E-state index in [0.717, 1.165) is 12.8 Å². The monoisotopic (exact) mass is 291 g/mol. The molecule has 100 valence electrons. The van der Waals surface area contributed by atoms with E-state index in [-0.39, 0.29) is 10.7 Å². The molecule has 2 heterocycles. The van der Waals surface area contributed by atoms with Crippen molar-refractivity contribution in [2.45, 2.75) is 18.1 Å². The fourth-order valence-corrected chi connectivity index (χ4v) is 2.75. The standard InChI is InChI=1S/C10H14ClN3O3S/c1-18(16,17)10-12-8-6-14(5-3-11)4-2-7(8)9(15)13-10/h2-6H2,1H3,(H,12,13,15). The molecule has 0 saturated heterocycles. The maximum atomic E-state index is 11.8. The fraction of sp³-hybridized carbons (Fsp3) is 0.600. The minimum atomic E-state index is -3.50. The van der Waals surface area contributed by atoms with Gasteiger partial charge in [-0.15, -0.1) is 11.6 Å². The second-order valence-electron chi connectivity index (χ2n) is 4.28. The van der Waals surface area contributed by atoms with Crippen LogP contribution in [0.2, 0.25) is 0 Å². The molecule has 0 atom stereocenters. The number of hydrogen-bond donors (Lipinski definition) is 1. The number of nitrogens with zero attached hydrogens (tertiary/aromatic N) is 2. The van der Waals surface area contributed by atoms with Crippen molar-refractivity contribution in [3.05, 3.63) is 21.6 Å². The Morgan fingerprint density at radius 3 is 2.83 bits per heavy atom. The van der Waals surface area contributed by atoms with E-state index in [1.807, 2.05) is 4.90 Å². The number of aromatic amines is 1. The molecule has 0 spiro atoms. The van der Waals surface area contributed by atoms with E-state index in [1.54, 1.807) is 0 Å². The molecule has 1 aromatic heterocycles. The molecule has 1 aliphatic rings. The molecule has 0 amide bonds. The zero-order valence-electron chi connectivity index (χ0n) is 9.94. The number of fused-ring (bicyclic) bond motifs is 1. The van der Waals surface area contributed by atoms with Gasteiger partial charge in [0.15, 0.2) is 0 Å². The molecule has 1 N–H and O–H groups in total. The lowest BCUT2D eigenvalue weighted by atomic mass is 10.1. The van der Waals surface area contributed by atoms with Crippen molar-refractivity contribution >= 4 is 21.4 Å². The molecule has 0 unspecified atom stereocenters. The van der Waals surface area contributed by atoms with Crippen LogP contribution in [-0.4, -0.2) is 48.5 Å². The van der Waals surface area contributed by atoms with Crippen LogP contribution in [0.1, 0.15) is 11.3 Å². The van der Waals surface area contributed by atoms with Gasteiger partial charge in [0.05, 0.1) is 5.69 Å². The van der Waals surface area contributed by atoms with E-state index in [0.29, 0.717) is 36.6 Å². The van der Waals surface area contributed by atoms with Gasteiger partial charge in [0.1, 0.15) is 0 Å². The summed E-state index contributed by atoms with van der Waals surface area (Å²) in [5, 5.41) is -0.265. The third-order valence-corrected chi connectivity index (χ3v) is 3.95. The lowest BCUT2D eigenvalue weighted by molar-refractivity contribution is 0.262. The third kappa shape index (κ3) is 2.73. The average molecular weight is 292 g/mol. The van der Waals surface area contributed by atoms with E-state index >= 15 is 0 Å². The third-order valence-electron chi connectivity index (χ3n) is 2.88. The van der Waals surface area contributed by atoms with Crippen LogP contribution in [0.25, 0.3) is 0 Å². The van der Waals surface area contributed by atoms with Crippen LogP contribution in [0, 0.1) is 0 Å². The zero-order chi connectivity index (χ0) is 13.3. The largest absolute Gasteiger partial charge is 0.297 e. The molecule has 0 radical (unpaired) electrons. The summed E-state index contributed by atoms with van der Waals surface area (Å²) < 4.78 is 22.8. The van der Waals surface area contributed by atoms with Crippen molar-refractivity contribution in [1.29, 1.82) is 0 Å². The molecule has 0 bridgehead atoms. The fourth-order valence-electron chi connectivity index (χ4n) is 1.96. The molecule has 0 aliphatic carbocycles. The molecule has 6 nitrogen and oxygen atoms in total. The summed E-state index contributed by atoms with van der Waals surface area (Å²) in [6, 6.07) is 0. The molecular formula is C10H14ClN3O3S. The van der Waals surface area contributed by atoms with E-state index < -0.39 is 9.84 Å². The van der Waals surface area contributed by atoms with Crippen molar-refractivity contribution < 1.29 is 8.42 Å². The molecule has 8 heteroatoms. The number of H-pyrrole nitrogens is 1. The second kappa shape index (κ2) is 4.99. The van der Waals surface area contributed by atoms with Crippen LogP contribution < -0.4 is 5.56 Å². The van der Waals surface area contributed by atoms with Crippen LogP contribution in [-0.2, 0) is 22.8 Å². The van der Waals surface area contributed by atoms with E-state index in [4.69, 9.17) is 11.6 Å². The quantitative estimate of drug-likeness (QED) is 0.614. The minimum Gasteiger partial charge on any atom is -0.297 e. The van der Waals surface area contributed by atoms with Gasteiger partial charge in [-0.1, -0.05) is 0 Å². The Morgan fingerprint density at radius 2 is 2.22 bits per heavy atom. The van der Waals surface area contributed by atoms with E-state index in [1.165, 1.54) is 0 Å². The number of nitrogens with one attached hydrogen (secondary N) is 1. The average Bonchev–Trinajstić information content (AvgIpc) is 2.27. The van der Waals surface area contributed by atoms with Gasteiger partial charge in [0, 0.05) is 37.3 Å². The van der Waals surface area contributed by atoms with Crippen LogP contribution >= 0.6 is 11.6 Å². The number of sulfone groups is 1. The molecule has 0 saturated carbocycles. The SMILES string of the molecule is CS(=O)(=O)c1nc2c(c(=O)[nH]1)CCN(CCCl)C2. The second-order valence-corrected chi connectivity index (χ2v) is 6.59. The molecule has 0 aromatic carbocycles. The topological polar surface area (TPSA) is 83.1 Å². The van der Waals surface area contributed by atoms with Gasteiger partial charge in [-0.05, 0) is 6.42 Å². The number of rotatable bonds is 3. The van der Waals surface area contributed by atoms with Gasteiger partial charge in [-0.25, -0.2) is 13.4 Å². The highest BCUT2D eigenvalue weighted by molar-refractivity contribution is 7.90. The summed E-state index contributed by atoms with van der Waals surface area (Å²) in [7, 11) is -3.50. The van der Waals surface area contributed by atoms with Gasteiger partial charge in [0.2, 0.25) is 15.0 Å². The van der Waals surface area contributed by atoms with Crippen LogP contribution in [0.5, 0.6) is 0 Å². The predicted molar refractivity (Wildman–Crippen MR) is 67.7 cm³/mol.